The second-order valence-corrected chi connectivity index (χ2v) is 5.89. The minimum absolute atomic E-state index is 0.00807. The number of benzene rings is 1. The lowest BCUT2D eigenvalue weighted by Crippen LogP contribution is -2.15. The van der Waals surface area contributed by atoms with E-state index in [1.165, 1.54) is 0 Å². The molecule has 0 aliphatic heterocycles. The molecule has 1 atom stereocenters. The molecule has 7 heteroatoms. The molecule has 0 bridgehead atoms. The number of carbonyl (C=O) groups is 1. The molecule has 0 amide bonds. The van der Waals surface area contributed by atoms with Crippen molar-refractivity contribution >= 4 is 21.9 Å². The Morgan fingerprint density at radius 1 is 1.38 bits per heavy atom. The van der Waals surface area contributed by atoms with Gasteiger partial charge >= 0.3 is 5.97 Å². The lowest BCUT2D eigenvalue weighted by molar-refractivity contribution is -0.143. The Morgan fingerprint density at radius 3 is 2.71 bits per heavy atom. The van der Waals surface area contributed by atoms with E-state index in [9.17, 15) is 19.8 Å². The molecule has 1 heterocycles. The van der Waals surface area contributed by atoms with E-state index < -0.39 is 29.7 Å². The predicted molar refractivity (Wildman–Crippen MR) is 89.8 cm³/mol. The van der Waals surface area contributed by atoms with E-state index in [2.05, 4.69) is 15.9 Å². The first-order valence-electron chi connectivity index (χ1n) is 7.34. The predicted octanol–water partition coefficient (Wildman–Crippen LogP) is 2.69. The summed E-state index contributed by atoms with van der Waals surface area (Å²) in [4.78, 5) is 23.9. The zero-order valence-electron chi connectivity index (χ0n) is 13.0. The van der Waals surface area contributed by atoms with Crippen molar-refractivity contribution in [2.45, 2.75) is 25.9 Å². The first-order valence-corrected chi connectivity index (χ1v) is 8.14. The molecule has 0 saturated heterocycles. The Morgan fingerprint density at radius 2 is 2.08 bits per heavy atom. The maximum atomic E-state index is 12.0. The number of hydrogen-bond acceptors (Lipinski definition) is 6. The van der Waals surface area contributed by atoms with E-state index in [-0.39, 0.29) is 24.5 Å². The summed E-state index contributed by atoms with van der Waals surface area (Å²) in [6.07, 6.45) is -0.123. The standard InChI is InChI=1S/C17H17BrO6/c1-2-23-15(21)8-12(11-5-3-4-6-13(11)18)17-16(22)14(20)7-10(9-19)24-17/h3-7,12,19,22H,2,8-9H2,1H3/t12-/m1/s1. The maximum Gasteiger partial charge on any atom is 0.306 e. The van der Waals surface area contributed by atoms with Gasteiger partial charge in [-0.2, -0.15) is 0 Å². The quantitative estimate of drug-likeness (QED) is 0.728. The number of aliphatic hydroxyl groups excluding tert-OH is 1. The largest absolute Gasteiger partial charge is 0.502 e. The summed E-state index contributed by atoms with van der Waals surface area (Å²) < 4.78 is 11.1. The number of carbonyl (C=O) groups excluding carboxylic acids is 1. The van der Waals surface area contributed by atoms with Crippen LogP contribution in [0.3, 0.4) is 0 Å². The molecule has 0 aliphatic rings. The molecular formula is C17H17BrO6. The first kappa shape index (κ1) is 18.2. The summed E-state index contributed by atoms with van der Waals surface area (Å²) in [7, 11) is 0. The van der Waals surface area contributed by atoms with Gasteiger partial charge in [0.15, 0.2) is 5.76 Å². The van der Waals surface area contributed by atoms with E-state index in [0.717, 1.165) is 6.07 Å². The second kappa shape index (κ2) is 8.12. The summed E-state index contributed by atoms with van der Waals surface area (Å²) in [6.45, 7) is 1.41. The zero-order chi connectivity index (χ0) is 17.7. The Hall–Kier alpha value is -2.12. The van der Waals surface area contributed by atoms with Crippen molar-refractivity contribution < 1.29 is 24.2 Å². The summed E-state index contributed by atoms with van der Waals surface area (Å²) in [5.74, 6) is -1.88. The van der Waals surface area contributed by atoms with Crippen molar-refractivity contribution in [3.05, 3.63) is 62.1 Å². The number of aromatic hydroxyl groups is 1. The molecule has 1 aromatic carbocycles. The molecule has 24 heavy (non-hydrogen) atoms. The van der Waals surface area contributed by atoms with Gasteiger partial charge < -0.3 is 19.4 Å². The van der Waals surface area contributed by atoms with Crippen molar-refractivity contribution in [2.24, 2.45) is 0 Å². The molecular weight excluding hydrogens is 380 g/mol. The number of ether oxygens (including phenoxy) is 1. The molecule has 2 N–H and O–H groups in total. The van der Waals surface area contributed by atoms with Gasteiger partial charge in [0, 0.05) is 10.5 Å². The number of aliphatic hydroxyl groups is 1. The van der Waals surface area contributed by atoms with Crippen molar-refractivity contribution in [1.29, 1.82) is 0 Å². The molecule has 0 spiro atoms. The highest BCUT2D eigenvalue weighted by molar-refractivity contribution is 9.10. The zero-order valence-corrected chi connectivity index (χ0v) is 14.6. The van der Waals surface area contributed by atoms with Crippen LogP contribution in [0.5, 0.6) is 5.75 Å². The van der Waals surface area contributed by atoms with E-state index in [4.69, 9.17) is 9.15 Å². The van der Waals surface area contributed by atoms with Gasteiger partial charge in [-0.1, -0.05) is 34.1 Å². The van der Waals surface area contributed by atoms with Crippen molar-refractivity contribution in [3.63, 3.8) is 0 Å². The summed E-state index contributed by atoms with van der Waals surface area (Å²) >= 11 is 3.40. The van der Waals surface area contributed by atoms with E-state index in [0.29, 0.717) is 10.0 Å². The van der Waals surface area contributed by atoms with Crippen molar-refractivity contribution in [1.82, 2.24) is 0 Å². The normalized spacial score (nSPS) is 12.0. The molecule has 128 valence electrons. The average molecular weight is 397 g/mol. The minimum Gasteiger partial charge on any atom is -0.502 e. The SMILES string of the molecule is CCOC(=O)C[C@H](c1ccccc1Br)c1oc(CO)cc(=O)c1O. The number of rotatable bonds is 6. The monoisotopic (exact) mass is 396 g/mol. The van der Waals surface area contributed by atoms with Crippen LogP contribution in [-0.4, -0.2) is 22.8 Å². The average Bonchev–Trinajstić information content (AvgIpc) is 2.56. The molecule has 0 radical (unpaired) electrons. The van der Waals surface area contributed by atoms with Crippen LogP contribution in [0.2, 0.25) is 0 Å². The molecule has 0 saturated carbocycles. The van der Waals surface area contributed by atoms with Gasteiger partial charge in [-0.05, 0) is 18.6 Å². The van der Waals surface area contributed by atoms with Gasteiger partial charge in [-0.15, -0.1) is 0 Å². The molecule has 1 aromatic heterocycles. The third kappa shape index (κ3) is 4.04. The van der Waals surface area contributed by atoms with Gasteiger partial charge in [-0.3, -0.25) is 9.59 Å². The van der Waals surface area contributed by atoms with Crippen molar-refractivity contribution in [2.75, 3.05) is 6.61 Å². The van der Waals surface area contributed by atoms with Crippen LogP contribution < -0.4 is 5.43 Å². The highest BCUT2D eigenvalue weighted by Crippen LogP contribution is 2.36. The summed E-state index contributed by atoms with van der Waals surface area (Å²) in [5.41, 5.74) is -0.0275. The summed E-state index contributed by atoms with van der Waals surface area (Å²) in [5, 5.41) is 19.4. The number of hydrogen-bond donors (Lipinski definition) is 2. The molecule has 0 fully saturated rings. The Labute approximate surface area is 146 Å². The molecule has 2 aromatic rings. The van der Waals surface area contributed by atoms with Crippen LogP contribution >= 0.6 is 15.9 Å². The molecule has 2 rings (SSSR count). The van der Waals surface area contributed by atoms with E-state index in [1.807, 2.05) is 0 Å². The number of halogens is 1. The Kier molecular flexibility index (Phi) is 6.16. The van der Waals surface area contributed by atoms with Crippen LogP contribution in [0.4, 0.5) is 0 Å². The van der Waals surface area contributed by atoms with Gasteiger partial charge in [0.05, 0.1) is 18.9 Å². The van der Waals surface area contributed by atoms with Gasteiger partial charge in [0.1, 0.15) is 12.4 Å². The lowest BCUT2D eigenvalue weighted by atomic mass is 9.92. The Balaban J connectivity index is 2.58. The highest BCUT2D eigenvalue weighted by atomic mass is 79.9. The second-order valence-electron chi connectivity index (χ2n) is 5.03. The fraction of sp³-hybridized carbons (Fsp3) is 0.294. The van der Waals surface area contributed by atoms with Gasteiger partial charge in [0.25, 0.3) is 0 Å². The topological polar surface area (TPSA) is 97.0 Å². The van der Waals surface area contributed by atoms with Crippen LogP contribution in [0, 0.1) is 0 Å². The number of esters is 1. The molecule has 6 nitrogen and oxygen atoms in total. The minimum atomic E-state index is -0.737. The molecule has 0 aliphatic carbocycles. The fourth-order valence-electron chi connectivity index (χ4n) is 2.36. The van der Waals surface area contributed by atoms with E-state index >= 15 is 0 Å². The molecule has 0 unspecified atom stereocenters. The van der Waals surface area contributed by atoms with Crippen LogP contribution in [0.25, 0.3) is 0 Å². The first-order chi connectivity index (χ1) is 11.5. The highest BCUT2D eigenvalue weighted by Gasteiger charge is 2.28. The van der Waals surface area contributed by atoms with E-state index in [1.54, 1.807) is 31.2 Å². The van der Waals surface area contributed by atoms with Gasteiger partial charge in [-0.25, -0.2) is 0 Å². The third-order valence-electron chi connectivity index (χ3n) is 3.43. The Bertz CT molecular complexity index is 783. The van der Waals surface area contributed by atoms with Crippen LogP contribution in [-0.2, 0) is 16.1 Å². The van der Waals surface area contributed by atoms with Crippen LogP contribution in [0.15, 0.2) is 44.0 Å². The lowest BCUT2D eigenvalue weighted by Gasteiger charge is -2.18. The third-order valence-corrected chi connectivity index (χ3v) is 4.15. The van der Waals surface area contributed by atoms with Gasteiger partial charge in [0.2, 0.25) is 11.2 Å². The smallest absolute Gasteiger partial charge is 0.306 e. The summed E-state index contributed by atoms with van der Waals surface area (Å²) in [6, 6.07) is 8.11. The van der Waals surface area contributed by atoms with Crippen molar-refractivity contribution in [3.8, 4) is 5.75 Å². The fourth-order valence-corrected chi connectivity index (χ4v) is 2.92. The maximum absolute atomic E-state index is 12.0. The van der Waals surface area contributed by atoms with Crippen LogP contribution in [0.1, 0.15) is 36.3 Å².